The summed E-state index contributed by atoms with van der Waals surface area (Å²) in [5.74, 6) is 2.58. The Hall–Kier alpha value is -1.85. The predicted octanol–water partition coefficient (Wildman–Crippen LogP) is 6.22. The lowest BCUT2D eigenvalue weighted by Gasteiger charge is -2.32. The fourth-order valence-corrected chi connectivity index (χ4v) is 6.26. The van der Waals surface area contributed by atoms with E-state index in [1.54, 1.807) is 19.2 Å². The molecule has 0 bridgehead atoms. The standard InChI is InChI=1S/C28H39O6P/c1-32-23-13-14-25(28-8-3-4-15-33-28)26(17-23)21-11-9-20(10-12-21)18-34-24-7-5-6-22(16-24)27(29)19-35(2,30)31/h5-7,13-14,16-17,20-21,27-29H,3-4,8-12,15,18-19H2,1-2H3,(H,30,31)/t20?,21?,27-,28?/m1/s1. The van der Waals surface area contributed by atoms with Crippen molar-refractivity contribution in [3.05, 3.63) is 59.2 Å². The first-order valence-corrected chi connectivity index (χ1v) is 15.1. The SMILES string of the molecule is COc1ccc(C2CCCCO2)c(C2CCC(COc3cccc([C@H](O)CP(C)(=O)O)c3)CC2)c1. The average Bonchev–Trinajstić information content (AvgIpc) is 2.87. The highest BCUT2D eigenvalue weighted by Gasteiger charge is 2.28. The first-order chi connectivity index (χ1) is 16.8. The van der Waals surface area contributed by atoms with Gasteiger partial charge in [-0.05, 0) is 97.7 Å². The minimum Gasteiger partial charge on any atom is -0.497 e. The first kappa shape index (κ1) is 26.2. The quantitative estimate of drug-likeness (QED) is 0.396. The summed E-state index contributed by atoms with van der Waals surface area (Å²) in [6.07, 6.45) is 6.94. The lowest BCUT2D eigenvalue weighted by Crippen LogP contribution is -2.21. The van der Waals surface area contributed by atoms with E-state index in [1.807, 2.05) is 12.1 Å². The average molecular weight is 503 g/mol. The van der Waals surface area contributed by atoms with Crippen LogP contribution in [-0.2, 0) is 9.30 Å². The third-order valence-electron chi connectivity index (χ3n) is 7.35. The fourth-order valence-electron chi connectivity index (χ4n) is 5.40. The Kier molecular flexibility index (Phi) is 8.93. The van der Waals surface area contributed by atoms with Crippen LogP contribution in [-0.4, -0.2) is 43.2 Å². The number of hydrogen-bond donors (Lipinski definition) is 2. The van der Waals surface area contributed by atoms with Gasteiger partial charge < -0.3 is 24.2 Å². The van der Waals surface area contributed by atoms with E-state index in [0.29, 0.717) is 29.8 Å². The molecule has 0 spiro atoms. The normalized spacial score (nSPS) is 25.4. The summed E-state index contributed by atoms with van der Waals surface area (Å²) in [5.41, 5.74) is 3.33. The highest BCUT2D eigenvalue weighted by molar-refractivity contribution is 7.57. The maximum Gasteiger partial charge on any atom is 0.200 e. The molecule has 2 N–H and O–H groups in total. The molecule has 2 fully saturated rings. The molecular formula is C28H39O6P. The van der Waals surface area contributed by atoms with E-state index < -0.39 is 13.5 Å². The zero-order valence-corrected chi connectivity index (χ0v) is 21.8. The summed E-state index contributed by atoms with van der Waals surface area (Å²) < 4.78 is 29.4. The van der Waals surface area contributed by atoms with Gasteiger partial charge >= 0.3 is 0 Å². The van der Waals surface area contributed by atoms with E-state index in [4.69, 9.17) is 14.2 Å². The largest absolute Gasteiger partial charge is 0.497 e. The predicted molar refractivity (Wildman–Crippen MR) is 138 cm³/mol. The van der Waals surface area contributed by atoms with E-state index in [-0.39, 0.29) is 12.3 Å². The van der Waals surface area contributed by atoms with Gasteiger partial charge in [0.1, 0.15) is 11.5 Å². The summed E-state index contributed by atoms with van der Waals surface area (Å²) in [5, 5.41) is 10.3. The third-order valence-corrected chi connectivity index (χ3v) is 8.37. The number of rotatable bonds is 9. The van der Waals surface area contributed by atoms with Crippen molar-refractivity contribution in [3.8, 4) is 11.5 Å². The Labute approximate surface area is 209 Å². The molecule has 1 saturated carbocycles. The van der Waals surface area contributed by atoms with Crippen LogP contribution in [0.5, 0.6) is 11.5 Å². The number of ether oxygens (including phenoxy) is 3. The van der Waals surface area contributed by atoms with Gasteiger partial charge in [0.2, 0.25) is 7.37 Å². The molecule has 2 aromatic rings. The molecule has 35 heavy (non-hydrogen) atoms. The van der Waals surface area contributed by atoms with Crippen molar-refractivity contribution < 1.29 is 28.8 Å². The van der Waals surface area contributed by atoms with Crippen LogP contribution in [0.4, 0.5) is 0 Å². The molecule has 4 rings (SSSR count). The van der Waals surface area contributed by atoms with Crippen molar-refractivity contribution in [2.45, 2.75) is 63.1 Å². The van der Waals surface area contributed by atoms with Crippen molar-refractivity contribution in [1.29, 1.82) is 0 Å². The maximum absolute atomic E-state index is 11.6. The monoisotopic (exact) mass is 502 g/mol. The molecule has 6 nitrogen and oxygen atoms in total. The minimum absolute atomic E-state index is 0.154. The number of hydrogen-bond acceptors (Lipinski definition) is 5. The van der Waals surface area contributed by atoms with Gasteiger partial charge in [-0.3, -0.25) is 4.57 Å². The second-order valence-corrected chi connectivity index (χ2v) is 12.7. The highest BCUT2D eigenvalue weighted by atomic mass is 31.2. The molecule has 0 aromatic heterocycles. The van der Waals surface area contributed by atoms with Gasteiger partial charge in [-0.15, -0.1) is 0 Å². The van der Waals surface area contributed by atoms with Crippen LogP contribution in [0.2, 0.25) is 0 Å². The number of aliphatic hydroxyl groups excluding tert-OH is 1. The van der Waals surface area contributed by atoms with E-state index in [0.717, 1.165) is 50.9 Å². The van der Waals surface area contributed by atoms with E-state index in [1.165, 1.54) is 24.2 Å². The summed E-state index contributed by atoms with van der Waals surface area (Å²) in [6, 6.07) is 13.7. The van der Waals surface area contributed by atoms with Crippen molar-refractivity contribution in [2.24, 2.45) is 5.92 Å². The third kappa shape index (κ3) is 7.33. The van der Waals surface area contributed by atoms with Crippen LogP contribution in [0.25, 0.3) is 0 Å². The molecule has 2 unspecified atom stereocenters. The fraction of sp³-hybridized carbons (Fsp3) is 0.571. The van der Waals surface area contributed by atoms with E-state index in [2.05, 4.69) is 18.2 Å². The second kappa shape index (κ2) is 11.9. The first-order valence-electron chi connectivity index (χ1n) is 12.8. The lowest BCUT2D eigenvalue weighted by molar-refractivity contribution is 0.0140. The molecule has 1 aliphatic carbocycles. The topological polar surface area (TPSA) is 85.2 Å². The smallest absolute Gasteiger partial charge is 0.200 e. The van der Waals surface area contributed by atoms with Crippen molar-refractivity contribution in [1.82, 2.24) is 0 Å². The molecule has 1 heterocycles. The van der Waals surface area contributed by atoms with Crippen molar-refractivity contribution in [3.63, 3.8) is 0 Å². The molecule has 1 aliphatic heterocycles. The molecule has 1 saturated heterocycles. The second-order valence-electron chi connectivity index (χ2n) is 10.2. The number of benzene rings is 2. The Morgan fingerprint density at radius 2 is 1.83 bits per heavy atom. The van der Waals surface area contributed by atoms with E-state index in [9.17, 15) is 14.6 Å². The summed E-state index contributed by atoms with van der Waals surface area (Å²) >= 11 is 0. The Morgan fingerprint density at radius 1 is 1.03 bits per heavy atom. The van der Waals surface area contributed by atoms with Crippen LogP contribution in [0.1, 0.15) is 79.8 Å². The lowest BCUT2D eigenvalue weighted by atomic mass is 9.76. The molecule has 0 amide bonds. The molecule has 192 valence electrons. The summed E-state index contributed by atoms with van der Waals surface area (Å²) in [6.45, 7) is 2.75. The van der Waals surface area contributed by atoms with Crippen molar-refractivity contribution >= 4 is 7.37 Å². The number of methoxy groups -OCH3 is 1. The Morgan fingerprint density at radius 3 is 2.51 bits per heavy atom. The summed E-state index contributed by atoms with van der Waals surface area (Å²) in [4.78, 5) is 9.57. The molecular weight excluding hydrogens is 463 g/mol. The molecule has 7 heteroatoms. The van der Waals surface area contributed by atoms with Gasteiger partial charge in [0.05, 0.1) is 32.1 Å². The van der Waals surface area contributed by atoms with E-state index >= 15 is 0 Å². The minimum atomic E-state index is -3.30. The van der Waals surface area contributed by atoms with Crippen molar-refractivity contribution in [2.75, 3.05) is 33.2 Å². The van der Waals surface area contributed by atoms with Crippen LogP contribution in [0.3, 0.4) is 0 Å². The Bertz CT molecular complexity index is 1000. The van der Waals surface area contributed by atoms with Crippen LogP contribution < -0.4 is 9.47 Å². The molecule has 0 radical (unpaired) electrons. The number of aliphatic hydroxyl groups is 1. The van der Waals surface area contributed by atoms with Gasteiger partial charge in [0, 0.05) is 13.3 Å². The van der Waals surface area contributed by atoms with Crippen LogP contribution in [0.15, 0.2) is 42.5 Å². The van der Waals surface area contributed by atoms with Gasteiger partial charge in [0.15, 0.2) is 0 Å². The van der Waals surface area contributed by atoms with Crippen LogP contribution in [0, 0.1) is 5.92 Å². The Balaban J connectivity index is 1.34. The molecule has 2 aliphatic rings. The van der Waals surface area contributed by atoms with Gasteiger partial charge in [-0.2, -0.15) is 0 Å². The summed E-state index contributed by atoms with van der Waals surface area (Å²) in [7, 11) is -1.57. The zero-order chi connectivity index (χ0) is 24.8. The van der Waals surface area contributed by atoms with Crippen LogP contribution >= 0.6 is 7.37 Å². The van der Waals surface area contributed by atoms with Gasteiger partial charge in [-0.25, -0.2) is 0 Å². The van der Waals surface area contributed by atoms with Gasteiger partial charge in [0.25, 0.3) is 0 Å². The molecule has 2 aromatic carbocycles. The van der Waals surface area contributed by atoms with Gasteiger partial charge in [-0.1, -0.05) is 18.2 Å². The molecule has 3 atom stereocenters. The zero-order valence-electron chi connectivity index (χ0n) is 20.9. The maximum atomic E-state index is 11.6. The highest BCUT2D eigenvalue weighted by Crippen LogP contribution is 2.43.